The molecule has 5 nitrogen and oxygen atoms in total. The number of aromatic nitrogens is 1. The summed E-state index contributed by atoms with van der Waals surface area (Å²) in [5.74, 6) is 0.150. The van der Waals surface area contributed by atoms with E-state index in [1.807, 2.05) is 36.1 Å². The molecule has 0 saturated carbocycles. The number of nitrogens with zero attached hydrogens (tertiary/aromatic N) is 2. The predicted molar refractivity (Wildman–Crippen MR) is 102 cm³/mol. The van der Waals surface area contributed by atoms with E-state index in [-0.39, 0.29) is 29.6 Å². The molecule has 2 aromatic rings. The molecule has 2 N–H and O–H groups in total. The van der Waals surface area contributed by atoms with Gasteiger partial charge in [-0.15, -0.1) is 0 Å². The van der Waals surface area contributed by atoms with Crippen molar-refractivity contribution in [1.29, 1.82) is 0 Å². The number of likely N-dealkylation sites (tertiary alicyclic amines) is 1. The predicted octanol–water partition coefficient (Wildman–Crippen LogP) is 2.71. The van der Waals surface area contributed by atoms with Crippen LogP contribution in [0.4, 0.5) is 4.39 Å². The smallest absolute Gasteiger partial charge is 0.228 e. The molecule has 6 heteroatoms. The molecular weight excluding hydrogens is 343 g/mol. The van der Waals surface area contributed by atoms with Gasteiger partial charge in [0, 0.05) is 42.9 Å². The average molecular weight is 368 g/mol. The zero-order chi connectivity index (χ0) is 18.8. The van der Waals surface area contributed by atoms with Crippen molar-refractivity contribution in [3.8, 4) is 11.3 Å². The number of piperidine rings is 1. The molecule has 142 valence electrons. The van der Waals surface area contributed by atoms with Gasteiger partial charge in [-0.25, -0.2) is 4.39 Å². The van der Waals surface area contributed by atoms with E-state index in [2.05, 4.69) is 10.9 Å². The summed E-state index contributed by atoms with van der Waals surface area (Å²) in [6.07, 6.45) is 1.99. The lowest BCUT2D eigenvalue weighted by Gasteiger charge is -2.34. The van der Waals surface area contributed by atoms with E-state index in [4.69, 9.17) is 4.98 Å². The van der Waals surface area contributed by atoms with E-state index in [1.165, 1.54) is 12.1 Å². The van der Waals surface area contributed by atoms with Gasteiger partial charge in [0.1, 0.15) is 5.82 Å². The van der Waals surface area contributed by atoms with Crippen LogP contribution in [0.15, 0.2) is 42.5 Å². The maximum Gasteiger partial charge on any atom is 0.228 e. The van der Waals surface area contributed by atoms with Gasteiger partial charge < -0.3 is 4.90 Å². The summed E-state index contributed by atoms with van der Waals surface area (Å²) < 4.78 is 13.5. The van der Waals surface area contributed by atoms with Gasteiger partial charge in [-0.1, -0.05) is 18.2 Å². The summed E-state index contributed by atoms with van der Waals surface area (Å²) in [5.41, 5.74) is 8.72. The Kier molecular flexibility index (Phi) is 5.18. The van der Waals surface area contributed by atoms with Crippen molar-refractivity contribution in [3.63, 3.8) is 0 Å². The van der Waals surface area contributed by atoms with Crippen LogP contribution in [0.3, 0.4) is 0 Å². The molecule has 2 fully saturated rings. The number of amides is 1. The third-order valence-corrected chi connectivity index (χ3v) is 5.61. The van der Waals surface area contributed by atoms with Crippen LogP contribution in [0, 0.1) is 11.7 Å². The van der Waals surface area contributed by atoms with Crippen molar-refractivity contribution >= 4 is 5.91 Å². The SMILES string of the molecule is CC1NNCC1C(=O)N1CCCC(c2cccc(-c3cccc(F)c3)n2)C1. The maximum atomic E-state index is 13.5. The molecule has 0 aliphatic carbocycles. The van der Waals surface area contributed by atoms with Gasteiger partial charge in [0.25, 0.3) is 0 Å². The number of hydrogen-bond acceptors (Lipinski definition) is 4. The fourth-order valence-corrected chi connectivity index (χ4v) is 4.05. The van der Waals surface area contributed by atoms with Gasteiger partial charge in [-0.2, -0.15) is 0 Å². The van der Waals surface area contributed by atoms with Crippen LogP contribution < -0.4 is 10.9 Å². The Morgan fingerprint density at radius 2 is 2.11 bits per heavy atom. The Labute approximate surface area is 159 Å². The van der Waals surface area contributed by atoms with Gasteiger partial charge in [-0.3, -0.25) is 20.6 Å². The molecule has 2 aliphatic rings. The monoisotopic (exact) mass is 368 g/mol. The number of halogens is 1. The molecule has 0 spiro atoms. The molecule has 1 aromatic carbocycles. The highest BCUT2D eigenvalue weighted by Gasteiger charge is 2.35. The van der Waals surface area contributed by atoms with Crippen LogP contribution in [-0.2, 0) is 4.79 Å². The summed E-state index contributed by atoms with van der Waals surface area (Å²) in [7, 11) is 0. The van der Waals surface area contributed by atoms with Gasteiger partial charge in [-0.05, 0) is 44.0 Å². The van der Waals surface area contributed by atoms with Crippen molar-refractivity contribution in [1.82, 2.24) is 20.7 Å². The minimum atomic E-state index is -0.262. The van der Waals surface area contributed by atoms with Crippen LogP contribution in [0.25, 0.3) is 11.3 Å². The van der Waals surface area contributed by atoms with Gasteiger partial charge in [0.05, 0.1) is 11.6 Å². The zero-order valence-corrected chi connectivity index (χ0v) is 15.5. The highest BCUT2D eigenvalue weighted by molar-refractivity contribution is 5.80. The Morgan fingerprint density at radius 1 is 1.26 bits per heavy atom. The third-order valence-electron chi connectivity index (χ3n) is 5.61. The van der Waals surface area contributed by atoms with E-state index in [0.717, 1.165) is 36.3 Å². The number of nitrogens with one attached hydrogen (secondary N) is 2. The number of carbonyl (C=O) groups excluding carboxylic acids is 1. The van der Waals surface area contributed by atoms with Gasteiger partial charge in [0.15, 0.2) is 0 Å². The fraction of sp³-hybridized carbons (Fsp3) is 0.429. The van der Waals surface area contributed by atoms with Crippen molar-refractivity contribution < 1.29 is 9.18 Å². The van der Waals surface area contributed by atoms with E-state index < -0.39 is 0 Å². The summed E-state index contributed by atoms with van der Waals surface area (Å²) in [6, 6.07) is 12.5. The normalized spacial score (nSPS) is 25.6. The first-order valence-electron chi connectivity index (χ1n) is 9.62. The Bertz CT molecular complexity index is 827. The van der Waals surface area contributed by atoms with Crippen LogP contribution >= 0.6 is 0 Å². The second-order valence-corrected chi connectivity index (χ2v) is 7.50. The molecule has 4 rings (SSSR count). The number of hydrazine groups is 1. The average Bonchev–Trinajstić information content (AvgIpc) is 3.13. The first-order chi connectivity index (χ1) is 13.1. The molecule has 3 atom stereocenters. The fourth-order valence-electron chi connectivity index (χ4n) is 4.05. The quantitative estimate of drug-likeness (QED) is 0.875. The Hall–Kier alpha value is -2.31. The van der Waals surface area contributed by atoms with Crippen LogP contribution in [0.2, 0.25) is 0 Å². The van der Waals surface area contributed by atoms with Crippen LogP contribution in [0.5, 0.6) is 0 Å². The number of pyridine rings is 1. The second-order valence-electron chi connectivity index (χ2n) is 7.50. The van der Waals surface area contributed by atoms with E-state index in [9.17, 15) is 9.18 Å². The van der Waals surface area contributed by atoms with E-state index in [1.54, 1.807) is 6.07 Å². The van der Waals surface area contributed by atoms with E-state index >= 15 is 0 Å². The summed E-state index contributed by atoms with van der Waals surface area (Å²) >= 11 is 0. The van der Waals surface area contributed by atoms with E-state index in [0.29, 0.717) is 13.1 Å². The summed E-state index contributed by atoms with van der Waals surface area (Å²) in [6.45, 7) is 4.21. The first-order valence-corrected chi connectivity index (χ1v) is 9.62. The van der Waals surface area contributed by atoms with Crippen molar-refractivity contribution in [2.45, 2.75) is 31.7 Å². The number of rotatable bonds is 3. The van der Waals surface area contributed by atoms with Crippen molar-refractivity contribution in [2.24, 2.45) is 5.92 Å². The largest absolute Gasteiger partial charge is 0.342 e. The second kappa shape index (κ2) is 7.74. The van der Waals surface area contributed by atoms with Gasteiger partial charge >= 0.3 is 0 Å². The molecule has 0 radical (unpaired) electrons. The maximum absolute atomic E-state index is 13.5. The number of hydrogen-bond donors (Lipinski definition) is 2. The molecule has 3 unspecified atom stereocenters. The molecule has 3 heterocycles. The standard InChI is InChI=1S/C21H25FN4O/c1-14-18(12-23-25-14)21(27)26-10-4-6-16(13-26)20-9-3-8-19(24-20)15-5-2-7-17(22)11-15/h2-3,5,7-9,11,14,16,18,23,25H,4,6,10,12-13H2,1H3. The first kappa shape index (κ1) is 18.1. The lowest BCUT2D eigenvalue weighted by molar-refractivity contribution is -0.136. The molecule has 1 amide bonds. The molecular formula is C21H25FN4O. The van der Waals surface area contributed by atoms with Crippen LogP contribution in [-0.4, -0.2) is 41.5 Å². The molecule has 1 aromatic heterocycles. The zero-order valence-electron chi connectivity index (χ0n) is 15.5. The Morgan fingerprint density at radius 3 is 2.89 bits per heavy atom. The number of benzene rings is 1. The summed E-state index contributed by atoms with van der Waals surface area (Å²) in [4.78, 5) is 19.7. The van der Waals surface area contributed by atoms with Crippen molar-refractivity contribution in [3.05, 3.63) is 54.0 Å². The topological polar surface area (TPSA) is 57.3 Å². The molecule has 2 aliphatic heterocycles. The van der Waals surface area contributed by atoms with Crippen molar-refractivity contribution in [2.75, 3.05) is 19.6 Å². The minimum absolute atomic E-state index is 0.0182. The summed E-state index contributed by atoms with van der Waals surface area (Å²) in [5, 5.41) is 0. The molecule has 2 saturated heterocycles. The third kappa shape index (κ3) is 3.87. The molecule has 0 bridgehead atoms. The lowest BCUT2D eigenvalue weighted by atomic mass is 9.92. The lowest BCUT2D eigenvalue weighted by Crippen LogP contribution is -2.45. The van der Waals surface area contributed by atoms with Gasteiger partial charge in [0.2, 0.25) is 5.91 Å². The minimum Gasteiger partial charge on any atom is -0.342 e. The Balaban J connectivity index is 1.51. The number of carbonyl (C=O) groups is 1. The highest BCUT2D eigenvalue weighted by atomic mass is 19.1. The van der Waals surface area contributed by atoms with Crippen LogP contribution in [0.1, 0.15) is 31.4 Å². The highest BCUT2D eigenvalue weighted by Crippen LogP contribution is 2.29. The molecule has 27 heavy (non-hydrogen) atoms.